The van der Waals surface area contributed by atoms with Gasteiger partial charge in [0.05, 0.1) is 22.8 Å². The monoisotopic (exact) mass is 401 g/mol. The third kappa shape index (κ3) is 4.99. The Hall–Kier alpha value is -2.58. The zero-order chi connectivity index (χ0) is 19.4. The van der Waals surface area contributed by atoms with Crippen LogP contribution in [0, 0.1) is 20.8 Å². The fraction of sp³-hybridized carbons (Fsp3) is 0.263. The molecule has 0 saturated heterocycles. The molecule has 0 radical (unpaired) electrons. The molecule has 0 spiro atoms. The van der Waals surface area contributed by atoms with E-state index in [0.717, 1.165) is 16.3 Å². The first kappa shape index (κ1) is 19.2. The SMILES string of the molecule is Cc1nc(C)c(C(=O)OCc2csc(CC(=O)Nc3ccccc3C)n2)s1. The first-order valence-corrected chi connectivity index (χ1v) is 10.0. The highest BCUT2D eigenvalue weighted by atomic mass is 32.1. The summed E-state index contributed by atoms with van der Waals surface area (Å²) in [6.07, 6.45) is 0.181. The summed E-state index contributed by atoms with van der Waals surface area (Å²) in [6, 6.07) is 7.61. The fourth-order valence-electron chi connectivity index (χ4n) is 2.47. The van der Waals surface area contributed by atoms with Crippen molar-refractivity contribution in [3.05, 3.63) is 61.5 Å². The van der Waals surface area contributed by atoms with E-state index in [9.17, 15) is 9.59 Å². The van der Waals surface area contributed by atoms with Crippen molar-refractivity contribution in [3.63, 3.8) is 0 Å². The molecule has 2 aromatic heterocycles. The van der Waals surface area contributed by atoms with Crippen LogP contribution in [0.1, 0.15) is 36.6 Å². The van der Waals surface area contributed by atoms with Crippen LogP contribution < -0.4 is 5.32 Å². The molecule has 0 unspecified atom stereocenters. The molecule has 0 atom stereocenters. The van der Waals surface area contributed by atoms with Gasteiger partial charge in [-0.3, -0.25) is 4.79 Å². The van der Waals surface area contributed by atoms with Crippen molar-refractivity contribution in [1.29, 1.82) is 0 Å². The summed E-state index contributed by atoms with van der Waals surface area (Å²) in [6.45, 7) is 5.65. The van der Waals surface area contributed by atoms with E-state index in [1.807, 2.05) is 38.1 Å². The van der Waals surface area contributed by atoms with Gasteiger partial charge in [-0.1, -0.05) is 18.2 Å². The molecule has 27 heavy (non-hydrogen) atoms. The molecule has 0 aliphatic carbocycles. The van der Waals surface area contributed by atoms with Crippen LogP contribution in [0.4, 0.5) is 5.69 Å². The number of ether oxygens (including phenoxy) is 1. The zero-order valence-corrected chi connectivity index (χ0v) is 16.9. The Bertz CT molecular complexity index is 978. The molecule has 0 fully saturated rings. The molecular formula is C19H19N3O3S2. The Morgan fingerprint density at radius 1 is 1.15 bits per heavy atom. The molecule has 1 N–H and O–H groups in total. The Labute approximate surface area is 165 Å². The number of benzene rings is 1. The molecule has 8 heteroatoms. The lowest BCUT2D eigenvalue weighted by Gasteiger charge is -2.06. The maximum Gasteiger partial charge on any atom is 0.350 e. The van der Waals surface area contributed by atoms with Gasteiger partial charge >= 0.3 is 5.97 Å². The minimum atomic E-state index is -0.398. The number of nitrogens with zero attached hydrogens (tertiary/aromatic N) is 2. The number of esters is 1. The molecule has 0 aliphatic heterocycles. The second kappa shape index (κ2) is 8.41. The summed E-state index contributed by atoms with van der Waals surface area (Å²) in [4.78, 5) is 33.4. The van der Waals surface area contributed by atoms with Crippen molar-refractivity contribution in [1.82, 2.24) is 9.97 Å². The van der Waals surface area contributed by atoms with Crippen LogP contribution >= 0.6 is 22.7 Å². The Morgan fingerprint density at radius 2 is 1.93 bits per heavy atom. The summed E-state index contributed by atoms with van der Waals surface area (Å²) in [5.74, 6) is -0.525. The summed E-state index contributed by atoms with van der Waals surface area (Å²) in [7, 11) is 0. The molecule has 2 heterocycles. The van der Waals surface area contributed by atoms with Gasteiger partial charge in [-0.2, -0.15) is 0 Å². The number of amides is 1. The van der Waals surface area contributed by atoms with E-state index in [1.54, 1.807) is 12.3 Å². The van der Waals surface area contributed by atoms with Crippen molar-refractivity contribution in [2.24, 2.45) is 0 Å². The zero-order valence-electron chi connectivity index (χ0n) is 15.2. The quantitative estimate of drug-likeness (QED) is 0.630. The van der Waals surface area contributed by atoms with Gasteiger partial charge in [0, 0.05) is 11.1 Å². The topological polar surface area (TPSA) is 81.2 Å². The Kier molecular flexibility index (Phi) is 5.98. The molecule has 140 valence electrons. The number of carbonyl (C=O) groups excluding carboxylic acids is 2. The molecule has 3 aromatic rings. The number of anilines is 1. The second-order valence-corrected chi connectivity index (χ2v) is 8.14. The van der Waals surface area contributed by atoms with Crippen LogP contribution in [0.25, 0.3) is 0 Å². The highest BCUT2D eigenvalue weighted by Gasteiger charge is 2.16. The van der Waals surface area contributed by atoms with Gasteiger partial charge in [0.25, 0.3) is 0 Å². The number of hydrogen-bond acceptors (Lipinski definition) is 7. The van der Waals surface area contributed by atoms with Crippen LogP contribution in [0.15, 0.2) is 29.6 Å². The van der Waals surface area contributed by atoms with Crippen molar-refractivity contribution < 1.29 is 14.3 Å². The number of carbonyl (C=O) groups is 2. The Morgan fingerprint density at radius 3 is 2.63 bits per heavy atom. The first-order valence-electron chi connectivity index (χ1n) is 8.32. The van der Waals surface area contributed by atoms with Crippen LogP contribution in [0.5, 0.6) is 0 Å². The molecule has 1 aromatic carbocycles. The standard InChI is InChI=1S/C19H19N3O3S2/c1-11-6-4-5-7-15(11)22-16(23)8-17-21-14(10-26-17)9-25-19(24)18-12(2)20-13(3)27-18/h4-7,10H,8-9H2,1-3H3,(H,22,23). The predicted molar refractivity (Wildman–Crippen MR) is 106 cm³/mol. The fourth-order valence-corrected chi connectivity index (χ4v) is 4.06. The number of rotatable bonds is 6. The molecule has 6 nitrogen and oxygen atoms in total. The normalized spacial score (nSPS) is 10.6. The van der Waals surface area contributed by atoms with Gasteiger partial charge in [-0.05, 0) is 32.4 Å². The maximum atomic E-state index is 12.2. The van der Waals surface area contributed by atoms with Gasteiger partial charge in [-0.25, -0.2) is 14.8 Å². The van der Waals surface area contributed by atoms with E-state index in [-0.39, 0.29) is 18.9 Å². The van der Waals surface area contributed by atoms with E-state index >= 15 is 0 Å². The summed E-state index contributed by atoms with van der Waals surface area (Å²) < 4.78 is 5.31. The van der Waals surface area contributed by atoms with Gasteiger partial charge in [0.15, 0.2) is 0 Å². The van der Waals surface area contributed by atoms with Gasteiger partial charge < -0.3 is 10.1 Å². The van der Waals surface area contributed by atoms with Crippen LogP contribution in [-0.4, -0.2) is 21.8 Å². The van der Waals surface area contributed by atoms with Crippen molar-refractivity contribution in [3.8, 4) is 0 Å². The highest BCUT2D eigenvalue weighted by Crippen LogP contribution is 2.20. The lowest BCUT2D eigenvalue weighted by atomic mass is 10.2. The number of nitrogens with one attached hydrogen (secondary N) is 1. The third-order valence-electron chi connectivity index (χ3n) is 3.77. The maximum absolute atomic E-state index is 12.2. The number of para-hydroxylation sites is 1. The Balaban J connectivity index is 1.54. The van der Waals surface area contributed by atoms with Gasteiger partial charge in [-0.15, -0.1) is 22.7 Å². The van der Waals surface area contributed by atoms with E-state index in [4.69, 9.17) is 4.74 Å². The number of thiazole rings is 2. The molecule has 0 bridgehead atoms. The van der Waals surface area contributed by atoms with E-state index in [1.165, 1.54) is 22.7 Å². The third-order valence-corrected chi connectivity index (χ3v) is 5.72. The van der Waals surface area contributed by atoms with Gasteiger partial charge in [0.2, 0.25) is 5.91 Å². The lowest BCUT2D eigenvalue weighted by molar-refractivity contribution is -0.115. The minimum absolute atomic E-state index is 0.0745. The average Bonchev–Trinajstić information content (AvgIpc) is 3.20. The molecule has 1 amide bonds. The van der Waals surface area contributed by atoms with Crippen LogP contribution in [0.2, 0.25) is 0 Å². The molecule has 3 rings (SSSR count). The largest absolute Gasteiger partial charge is 0.455 e. The van der Waals surface area contributed by atoms with Crippen molar-refractivity contribution in [2.75, 3.05) is 5.32 Å². The van der Waals surface area contributed by atoms with E-state index in [2.05, 4.69) is 15.3 Å². The molecule has 0 saturated carbocycles. The number of hydrogen-bond donors (Lipinski definition) is 1. The average molecular weight is 402 g/mol. The van der Waals surface area contributed by atoms with Crippen molar-refractivity contribution in [2.45, 2.75) is 33.8 Å². The number of aromatic nitrogens is 2. The summed E-state index contributed by atoms with van der Waals surface area (Å²) >= 11 is 2.69. The lowest BCUT2D eigenvalue weighted by Crippen LogP contribution is -2.15. The van der Waals surface area contributed by atoms with E-state index < -0.39 is 5.97 Å². The second-order valence-electron chi connectivity index (χ2n) is 6.00. The smallest absolute Gasteiger partial charge is 0.350 e. The van der Waals surface area contributed by atoms with E-state index in [0.29, 0.717) is 21.3 Å². The number of aryl methyl sites for hydroxylation is 3. The molecular weight excluding hydrogens is 382 g/mol. The summed E-state index contributed by atoms with van der Waals surface area (Å²) in [5.41, 5.74) is 3.11. The first-order chi connectivity index (χ1) is 12.9. The molecule has 0 aliphatic rings. The van der Waals surface area contributed by atoms with Crippen LogP contribution in [-0.2, 0) is 22.6 Å². The predicted octanol–water partition coefficient (Wildman–Crippen LogP) is 4.06. The summed E-state index contributed by atoms with van der Waals surface area (Å²) in [5, 5.41) is 6.19. The van der Waals surface area contributed by atoms with Crippen molar-refractivity contribution >= 4 is 40.2 Å². The highest BCUT2D eigenvalue weighted by molar-refractivity contribution is 7.13. The minimum Gasteiger partial charge on any atom is -0.455 e. The van der Waals surface area contributed by atoms with Crippen LogP contribution in [0.3, 0.4) is 0 Å². The van der Waals surface area contributed by atoms with Gasteiger partial charge in [0.1, 0.15) is 16.5 Å².